The molecule has 2 aromatic heterocycles. The van der Waals surface area contributed by atoms with Gasteiger partial charge in [0.25, 0.3) is 0 Å². The zero-order valence-electron chi connectivity index (χ0n) is 16.2. The lowest BCUT2D eigenvalue weighted by Gasteiger charge is -2.16. The predicted octanol–water partition coefficient (Wildman–Crippen LogP) is 3.12. The Hall–Kier alpha value is -2.55. The molecule has 0 saturated carbocycles. The number of aliphatic imine (C=N–C) groups is 1. The van der Waals surface area contributed by atoms with Crippen molar-refractivity contribution in [2.45, 2.75) is 25.0 Å². The van der Waals surface area contributed by atoms with Gasteiger partial charge in [-0.15, -0.1) is 22.0 Å². The monoisotopic (exact) mass is 394 g/mol. The molecule has 3 heterocycles. The molecule has 0 aliphatic carbocycles. The van der Waals surface area contributed by atoms with Crippen LogP contribution in [0.15, 0.2) is 52.5 Å². The Morgan fingerprint density at radius 3 is 2.86 bits per heavy atom. The maximum atomic E-state index is 5.77. The number of benzene rings is 1. The van der Waals surface area contributed by atoms with Crippen molar-refractivity contribution in [3.05, 3.63) is 65.5 Å². The smallest absolute Gasteiger partial charge is 0.165 e. The summed E-state index contributed by atoms with van der Waals surface area (Å²) in [5.41, 5.74) is 3.74. The molecule has 0 fully saturated rings. The number of rotatable bonds is 6. The third kappa shape index (κ3) is 3.58. The van der Waals surface area contributed by atoms with Gasteiger partial charge in [-0.2, -0.15) is 5.06 Å². The molecule has 0 saturated heterocycles. The van der Waals surface area contributed by atoms with Crippen molar-refractivity contribution >= 4 is 17.5 Å². The van der Waals surface area contributed by atoms with Gasteiger partial charge in [-0.05, 0) is 36.6 Å². The van der Waals surface area contributed by atoms with Crippen molar-refractivity contribution < 1.29 is 4.84 Å². The van der Waals surface area contributed by atoms with Gasteiger partial charge in [-0.3, -0.25) is 19.4 Å². The van der Waals surface area contributed by atoms with E-state index in [0.717, 1.165) is 40.9 Å². The van der Waals surface area contributed by atoms with Crippen LogP contribution in [0, 0.1) is 0 Å². The first-order chi connectivity index (χ1) is 13.7. The third-order valence-corrected chi connectivity index (χ3v) is 5.37. The average molecular weight is 395 g/mol. The number of pyridine rings is 1. The fourth-order valence-corrected chi connectivity index (χ4v) is 3.51. The van der Waals surface area contributed by atoms with Gasteiger partial charge in [0.2, 0.25) is 0 Å². The largest absolute Gasteiger partial charge is 0.291 e. The molecule has 1 aliphatic heterocycles. The summed E-state index contributed by atoms with van der Waals surface area (Å²) in [6.07, 6.45) is 3.86. The zero-order chi connectivity index (χ0) is 19.5. The second kappa shape index (κ2) is 8.22. The van der Waals surface area contributed by atoms with Crippen LogP contribution in [0.2, 0.25) is 0 Å². The van der Waals surface area contributed by atoms with Crippen LogP contribution in [-0.2, 0) is 18.0 Å². The zero-order valence-corrected chi connectivity index (χ0v) is 17.0. The van der Waals surface area contributed by atoms with Gasteiger partial charge in [-0.1, -0.05) is 13.0 Å². The van der Waals surface area contributed by atoms with E-state index in [9.17, 15) is 0 Å². The van der Waals surface area contributed by atoms with E-state index >= 15 is 0 Å². The van der Waals surface area contributed by atoms with Crippen LogP contribution >= 0.6 is 11.8 Å². The highest BCUT2D eigenvalue weighted by Crippen LogP contribution is 2.29. The molecule has 3 aromatic rings. The van der Waals surface area contributed by atoms with Gasteiger partial charge in [0.1, 0.15) is 13.2 Å². The molecule has 0 radical (unpaired) electrons. The normalized spacial score (nSPS) is 13.1. The molecule has 0 bridgehead atoms. The average Bonchev–Trinajstić information content (AvgIpc) is 3.07. The summed E-state index contributed by atoms with van der Waals surface area (Å²) >= 11 is 1.70. The van der Waals surface area contributed by atoms with Crippen molar-refractivity contribution in [1.82, 2.24) is 24.8 Å². The molecule has 28 heavy (non-hydrogen) atoms. The summed E-state index contributed by atoms with van der Waals surface area (Å²) in [5, 5.41) is 10.5. The first-order valence-electron chi connectivity index (χ1n) is 9.13. The van der Waals surface area contributed by atoms with E-state index < -0.39 is 0 Å². The van der Waals surface area contributed by atoms with Gasteiger partial charge in [-0.25, -0.2) is 0 Å². The fraction of sp³-hybridized carbons (Fsp3) is 0.300. The lowest BCUT2D eigenvalue weighted by molar-refractivity contribution is -0.149. The van der Waals surface area contributed by atoms with Crippen LogP contribution in [0.5, 0.6) is 0 Å². The molecule has 4 rings (SSSR count). The van der Waals surface area contributed by atoms with Crippen LogP contribution in [0.1, 0.15) is 29.8 Å². The van der Waals surface area contributed by atoms with Crippen molar-refractivity contribution in [2.75, 3.05) is 19.8 Å². The molecule has 8 heteroatoms. The molecule has 1 aliphatic rings. The van der Waals surface area contributed by atoms with Crippen molar-refractivity contribution in [3.63, 3.8) is 0 Å². The summed E-state index contributed by atoms with van der Waals surface area (Å²) in [6, 6.07) is 12.2. The van der Waals surface area contributed by atoms with E-state index in [0.29, 0.717) is 13.2 Å². The molecule has 0 unspecified atom stereocenters. The fourth-order valence-electron chi connectivity index (χ4n) is 3.07. The molecule has 0 spiro atoms. The van der Waals surface area contributed by atoms with E-state index in [1.54, 1.807) is 23.0 Å². The van der Waals surface area contributed by atoms with Crippen LogP contribution in [0.4, 0.5) is 0 Å². The van der Waals surface area contributed by atoms with Gasteiger partial charge < -0.3 is 0 Å². The van der Waals surface area contributed by atoms with Gasteiger partial charge in [0.15, 0.2) is 11.6 Å². The minimum absolute atomic E-state index is 0.347. The Balaban J connectivity index is 1.83. The first-order valence-corrected chi connectivity index (χ1v) is 10.4. The van der Waals surface area contributed by atoms with Gasteiger partial charge in [0.05, 0.1) is 17.1 Å². The Morgan fingerprint density at radius 1 is 1.21 bits per heavy atom. The summed E-state index contributed by atoms with van der Waals surface area (Å²) < 4.78 is 2.06. The highest BCUT2D eigenvalue weighted by molar-refractivity contribution is 7.98. The van der Waals surface area contributed by atoms with Crippen LogP contribution in [-0.4, -0.2) is 50.4 Å². The number of thioether (sulfide) groups is 1. The molecular weight excluding hydrogens is 372 g/mol. The third-order valence-electron chi connectivity index (χ3n) is 4.64. The molecular formula is C20H22N6OS. The van der Waals surface area contributed by atoms with E-state index in [-0.39, 0.29) is 0 Å². The number of nitrogens with zero attached hydrogens (tertiary/aromatic N) is 6. The second-order valence-corrected chi connectivity index (χ2v) is 7.23. The highest BCUT2D eigenvalue weighted by Gasteiger charge is 2.24. The molecule has 144 valence electrons. The Bertz CT molecular complexity index is 1000. The summed E-state index contributed by atoms with van der Waals surface area (Å²) in [5.74, 6) is 1.55. The van der Waals surface area contributed by atoms with Crippen molar-refractivity contribution in [3.8, 4) is 5.69 Å². The molecule has 0 amide bonds. The summed E-state index contributed by atoms with van der Waals surface area (Å²) in [7, 11) is 1.90. The Kier molecular flexibility index (Phi) is 5.52. The highest BCUT2D eigenvalue weighted by atomic mass is 32.2. The number of aromatic nitrogens is 4. The number of hydroxylamine groups is 2. The van der Waals surface area contributed by atoms with E-state index in [1.807, 2.05) is 32.2 Å². The van der Waals surface area contributed by atoms with Crippen molar-refractivity contribution in [2.24, 2.45) is 4.99 Å². The minimum atomic E-state index is 0.347. The lowest BCUT2D eigenvalue weighted by atomic mass is 10.0. The first kappa shape index (κ1) is 18.8. The number of hydrogen-bond acceptors (Lipinski definition) is 7. The van der Waals surface area contributed by atoms with Crippen LogP contribution in [0.25, 0.3) is 5.69 Å². The number of fused-ring (bicyclic) bond motifs is 3. The quantitative estimate of drug-likeness (QED) is 0.473. The summed E-state index contributed by atoms with van der Waals surface area (Å²) in [4.78, 5) is 16.3. The van der Waals surface area contributed by atoms with E-state index in [4.69, 9.17) is 9.83 Å². The van der Waals surface area contributed by atoms with Crippen LogP contribution in [0.3, 0.4) is 0 Å². The molecule has 0 N–H and O–H groups in total. The second-order valence-electron chi connectivity index (χ2n) is 6.35. The van der Waals surface area contributed by atoms with E-state index in [1.165, 1.54) is 4.90 Å². The Morgan fingerprint density at radius 2 is 2.11 bits per heavy atom. The minimum Gasteiger partial charge on any atom is -0.291 e. The molecule has 1 aromatic carbocycles. The van der Waals surface area contributed by atoms with Crippen LogP contribution < -0.4 is 0 Å². The lowest BCUT2D eigenvalue weighted by Crippen LogP contribution is -2.19. The predicted molar refractivity (Wildman–Crippen MR) is 110 cm³/mol. The Labute approximate surface area is 168 Å². The molecule has 0 atom stereocenters. The van der Waals surface area contributed by atoms with E-state index in [2.05, 4.69) is 44.2 Å². The topological polar surface area (TPSA) is 68.4 Å². The maximum Gasteiger partial charge on any atom is 0.165 e. The van der Waals surface area contributed by atoms with Gasteiger partial charge in [0, 0.05) is 30.2 Å². The maximum absolute atomic E-state index is 5.77. The SMILES string of the molecule is CCN(C)OCc1nnc2n1-c1ccc(SC)cc1C(c1ccccn1)=NC2. The molecule has 7 nitrogen and oxygen atoms in total. The van der Waals surface area contributed by atoms with Crippen molar-refractivity contribution in [1.29, 1.82) is 0 Å². The van der Waals surface area contributed by atoms with Gasteiger partial charge >= 0.3 is 0 Å². The number of hydrogen-bond donors (Lipinski definition) is 0. The summed E-state index contributed by atoms with van der Waals surface area (Å²) in [6.45, 7) is 3.62. The standard InChI is InChI=1S/C20H22N6OS/c1-4-25(2)27-13-19-24-23-18-12-22-20(16-7-5-6-10-21-16)15-11-14(28-3)8-9-17(15)26(18)19/h5-11H,4,12-13H2,1-3H3.